The minimum absolute atomic E-state index is 0.248. The van der Waals surface area contributed by atoms with E-state index in [-0.39, 0.29) is 5.97 Å². The Balaban J connectivity index is 2.82. The lowest BCUT2D eigenvalue weighted by Crippen LogP contribution is -2.09. The van der Waals surface area contributed by atoms with Crippen LogP contribution in [0.15, 0.2) is 36.4 Å². The second-order valence-corrected chi connectivity index (χ2v) is 3.91. The average molecular weight is 218 g/mol. The van der Waals surface area contributed by atoms with Crippen LogP contribution in [0, 0.1) is 0 Å². The third kappa shape index (κ3) is 3.23. The molecule has 0 spiro atoms. The SMILES string of the molecule is C/C=C/COC(=O)c1ccccc1C(C)C. The highest BCUT2D eigenvalue weighted by atomic mass is 16.5. The third-order valence-electron chi connectivity index (χ3n) is 2.35. The zero-order chi connectivity index (χ0) is 12.0. The monoisotopic (exact) mass is 218 g/mol. The molecule has 1 aromatic rings. The summed E-state index contributed by atoms with van der Waals surface area (Å²) in [6, 6.07) is 7.58. The summed E-state index contributed by atoms with van der Waals surface area (Å²) < 4.78 is 5.13. The molecule has 0 aliphatic carbocycles. The minimum atomic E-state index is -0.248. The van der Waals surface area contributed by atoms with Gasteiger partial charge in [-0.1, -0.05) is 44.2 Å². The molecule has 0 bridgehead atoms. The van der Waals surface area contributed by atoms with Gasteiger partial charge in [0.2, 0.25) is 0 Å². The fourth-order valence-corrected chi connectivity index (χ4v) is 1.48. The number of esters is 1. The van der Waals surface area contributed by atoms with E-state index in [4.69, 9.17) is 4.74 Å². The highest BCUT2D eigenvalue weighted by molar-refractivity contribution is 5.91. The lowest BCUT2D eigenvalue weighted by molar-refractivity contribution is 0.0547. The molecule has 16 heavy (non-hydrogen) atoms. The Kier molecular flexibility index (Phi) is 4.77. The normalized spacial score (nSPS) is 11.0. The van der Waals surface area contributed by atoms with Crippen molar-refractivity contribution in [3.05, 3.63) is 47.5 Å². The number of rotatable bonds is 4. The van der Waals surface area contributed by atoms with Crippen molar-refractivity contribution < 1.29 is 9.53 Å². The van der Waals surface area contributed by atoms with Crippen molar-refractivity contribution in [1.29, 1.82) is 0 Å². The summed E-state index contributed by atoms with van der Waals surface area (Å²) in [5.74, 6) is 0.0767. The zero-order valence-corrected chi connectivity index (χ0v) is 10.1. The van der Waals surface area contributed by atoms with Crippen molar-refractivity contribution in [2.45, 2.75) is 26.7 Å². The van der Waals surface area contributed by atoms with Crippen LogP contribution in [-0.2, 0) is 4.74 Å². The van der Waals surface area contributed by atoms with Gasteiger partial charge in [-0.3, -0.25) is 0 Å². The predicted molar refractivity (Wildman–Crippen MR) is 65.6 cm³/mol. The molecular weight excluding hydrogens is 200 g/mol. The van der Waals surface area contributed by atoms with E-state index in [0.717, 1.165) is 5.56 Å². The van der Waals surface area contributed by atoms with Crippen LogP contribution in [0.1, 0.15) is 42.6 Å². The second-order valence-electron chi connectivity index (χ2n) is 3.91. The fraction of sp³-hybridized carbons (Fsp3) is 0.357. The molecule has 0 aliphatic rings. The number of allylic oxidation sites excluding steroid dienone is 1. The Morgan fingerprint density at radius 1 is 1.38 bits per heavy atom. The van der Waals surface area contributed by atoms with E-state index in [1.54, 1.807) is 0 Å². The summed E-state index contributed by atoms with van der Waals surface area (Å²) in [6.07, 6.45) is 3.68. The smallest absolute Gasteiger partial charge is 0.338 e. The van der Waals surface area contributed by atoms with E-state index in [9.17, 15) is 4.79 Å². The van der Waals surface area contributed by atoms with Crippen LogP contribution in [-0.4, -0.2) is 12.6 Å². The lowest BCUT2D eigenvalue weighted by Gasteiger charge is -2.11. The molecule has 0 radical (unpaired) electrons. The van der Waals surface area contributed by atoms with Gasteiger partial charge in [0.15, 0.2) is 0 Å². The van der Waals surface area contributed by atoms with Crippen LogP contribution in [0.4, 0.5) is 0 Å². The molecule has 0 atom stereocenters. The van der Waals surface area contributed by atoms with Crippen LogP contribution in [0.3, 0.4) is 0 Å². The van der Waals surface area contributed by atoms with E-state index in [0.29, 0.717) is 18.1 Å². The molecule has 0 saturated carbocycles. The van der Waals surface area contributed by atoms with Crippen LogP contribution in [0.5, 0.6) is 0 Å². The van der Waals surface area contributed by atoms with Gasteiger partial charge in [0.05, 0.1) is 5.56 Å². The summed E-state index contributed by atoms with van der Waals surface area (Å²) in [5, 5.41) is 0. The summed E-state index contributed by atoms with van der Waals surface area (Å²) in [6.45, 7) is 6.37. The van der Waals surface area contributed by atoms with Crippen LogP contribution in [0.2, 0.25) is 0 Å². The van der Waals surface area contributed by atoms with Gasteiger partial charge >= 0.3 is 5.97 Å². The second kappa shape index (κ2) is 6.11. The molecule has 0 amide bonds. The first-order chi connectivity index (χ1) is 7.66. The maximum atomic E-state index is 11.8. The van der Waals surface area contributed by atoms with Gasteiger partial charge in [0, 0.05) is 0 Å². The summed E-state index contributed by atoms with van der Waals surface area (Å²) >= 11 is 0. The van der Waals surface area contributed by atoms with Crippen molar-refractivity contribution in [3.63, 3.8) is 0 Å². The van der Waals surface area contributed by atoms with Crippen molar-refractivity contribution in [3.8, 4) is 0 Å². The van der Waals surface area contributed by atoms with E-state index < -0.39 is 0 Å². The molecule has 0 N–H and O–H groups in total. The molecule has 1 rings (SSSR count). The number of carbonyl (C=O) groups excluding carboxylic acids is 1. The summed E-state index contributed by atoms with van der Waals surface area (Å²) in [7, 11) is 0. The van der Waals surface area contributed by atoms with Gasteiger partial charge in [-0.15, -0.1) is 0 Å². The van der Waals surface area contributed by atoms with Crippen LogP contribution >= 0.6 is 0 Å². The lowest BCUT2D eigenvalue weighted by atomic mass is 9.97. The molecule has 0 heterocycles. The maximum Gasteiger partial charge on any atom is 0.338 e. The van der Waals surface area contributed by atoms with E-state index >= 15 is 0 Å². The topological polar surface area (TPSA) is 26.3 Å². The Morgan fingerprint density at radius 3 is 2.69 bits per heavy atom. The molecular formula is C14H18O2. The van der Waals surface area contributed by atoms with Crippen molar-refractivity contribution >= 4 is 5.97 Å². The number of ether oxygens (including phenoxy) is 1. The third-order valence-corrected chi connectivity index (χ3v) is 2.35. The quantitative estimate of drug-likeness (QED) is 0.570. The first kappa shape index (κ1) is 12.5. The average Bonchev–Trinajstić information content (AvgIpc) is 2.29. The van der Waals surface area contributed by atoms with E-state index in [1.165, 1.54) is 0 Å². The van der Waals surface area contributed by atoms with Gasteiger partial charge in [-0.05, 0) is 24.5 Å². The van der Waals surface area contributed by atoms with Crippen molar-refractivity contribution in [2.24, 2.45) is 0 Å². The minimum Gasteiger partial charge on any atom is -0.458 e. The number of hydrogen-bond acceptors (Lipinski definition) is 2. The highest BCUT2D eigenvalue weighted by Crippen LogP contribution is 2.19. The van der Waals surface area contributed by atoms with Gasteiger partial charge in [-0.25, -0.2) is 4.79 Å². The largest absolute Gasteiger partial charge is 0.458 e. The van der Waals surface area contributed by atoms with Crippen LogP contribution in [0.25, 0.3) is 0 Å². The van der Waals surface area contributed by atoms with Crippen molar-refractivity contribution in [2.75, 3.05) is 6.61 Å². The molecule has 0 aliphatic heterocycles. The highest BCUT2D eigenvalue weighted by Gasteiger charge is 2.13. The van der Waals surface area contributed by atoms with Crippen LogP contribution < -0.4 is 0 Å². The molecule has 86 valence electrons. The molecule has 0 saturated heterocycles. The molecule has 1 aromatic carbocycles. The van der Waals surface area contributed by atoms with E-state index in [2.05, 4.69) is 13.8 Å². The summed E-state index contributed by atoms with van der Waals surface area (Å²) in [5.41, 5.74) is 1.70. The summed E-state index contributed by atoms with van der Waals surface area (Å²) in [4.78, 5) is 11.8. The number of carbonyl (C=O) groups is 1. The molecule has 0 aromatic heterocycles. The Labute approximate surface area is 96.9 Å². The van der Waals surface area contributed by atoms with Gasteiger partial charge in [0.1, 0.15) is 6.61 Å². The molecule has 0 unspecified atom stereocenters. The number of benzene rings is 1. The van der Waals surface area contributed by atoms with Gasteiger partial charge < -0.3 is 4.74 Å². The molecule has 2 heteroatoms. The zero-order valence-electron chi connectivity index (χ0n) is 10.1. The fourth-order valence-electron chi connectivity index (χ4n) is 1.48. The first-order valence-electron chi connectivity index (χ1n) is 5.54. The molecule has 2 nitrogen and oxygen atoms in total. The predicted octanol–water partition coefficient (Wildman–Crippen LogP) is 3.54. The number of hydrogen-bond donors (Lipinski definition) is 0. The van der Waals surface area contributed by atoms with Crippen molar-refractivity contribution in [1.82, 2.24) is 0 Å². The first-order valence-corrected chi connectivity index (χ1v) is 5.54. The van der Waals surface area contributed by atoms with Gasteiger partial charge in [-0.2, -0.15) is 0 Å². The van der Waals surface area contributed by atoms with E-state index in [1.807, 2.05) is 43.3 Å². The van der Waals surface area contributed by atoms with Gasteiger partial charge in [0.25, 0.3) is 0 Å². The standard InChI is InChI=1S/C14H18O2/c1-4-5-10-16-14(15)13-9-7-6-8-12(13)11(2)3/h4-9,11H,10H2,1-3H3/b5-4+. The molecule has 0 fully saturated rings. The Bertz CT molecular complexity index is 378. The Morgan fingerprint density at radius 2 is 2.06 bits per heavy atom. The Hall–Kier alpha value is -1.57. The maximum absolute atomic E-state index is 11.8.